The molecule has 2 amide bonds. The van der Waals surface area contributed by atoms with Gasteiger partial charge in [0.05, 0.1) is 5.75 Å². The van der Waals surface area contributed by atoms with Crippen molar-refractivity contribution >= 4 is 46.8 Å². The van der Waals surface area contributed by atoms with E-state index in [0.717, 1.165) is 5.56 Å². The summed E-state index contributed by atoms with van der Waals surface area (Å²) in [6, 6.07) is 10.6. The van der Waals surface area contributed by atoms with Crippen molar-refractivity contribution in [2.45, 2.75) is 32.2 Å². The summed E-state index contributed by atoms with van der Waals surface area (Å²) in [5.41, 5.74) is 1.52. The van der Waals surface area contributed by atoms with Crippen molar-refractivity contribution in [2.75, 3.05) is 12.3 Å². The Hall–Kier alpha value is -1.76. The quantitative estimate of drug-likeness (QED) is 0.582. The van der Waals surface area contributed by atoms with E-state index in [1.165, 1.54) is 28.8 Å². The molecule has 0 saturated heterocycles. The van der Waals surface area contributed by atoms with Gasteiger partial charge in [0.1, 0.15) is 11.9 Å². The van der Waals surface area contributed by atoms with Gasteiger partial charge in [0, 0.05) is 34.5 Å². The molecule has 2 rings (SSSR count). The van der Waals surface area contributed by atoms with Crippen LogP contribution in [-0.2, 0) is 21.9 Å². The highest BCUT2D eigenvalue weighted by molar-refractivity contribution is 7.99. The van der Waals surface area contributed by atoms with Crippen LogP contribution >= 0.6 is 35.0 Å². The van der Waals surface area contributed by atoms with Crippen LogP contribution in [0.15, 0.2) is 42.5 Å². The van der Waals surface area contributed by atoms with Crippen molar-refractivity contribution in [2.24, 2.45) is 0 Å². The summed E-state index contributed by atoms with van der Waals surface area (Å²) in [6.45, 7) is 4.10. The lowest BCUT2D eigenvalue weighted by Crippen LogP contribution is -2.48. The normalized spacial score (nSPS) is 11.8. The number of hydrogen-bond donors (Lipinski definition) is 1. The zero-order valence-electron chi connectivity index (χ0n) is 16.3. The second kappa shape index (κ2) is 11.4. The first-order valence-corrected chi connectivity index (χ1v) is 11.1. The van der Waals surface area contributed by atoms with E-state index in [-0.39, 0.29) is 29.9 Å². The number of amides is 2. The number of halogens is 3. The summed E-state index contributed by atoms with van der Waals surface area (Å²) in [5.74, 6) is -0.0152. The Morgan fingerprint density at radius 3 is 2.34 bits per heavy atom. The van der Waals surface area contributed by atoms with Gasteiger partial charge in [-0.05, 0) is 43.7 Å². The maximum atomic E-state index is 13.0. The van der Waals surface area contributed by atoms with Gasteiger partial charge in [0.2, 0.25) is 11.8 Å². The van der Waals surface area contributed by atoms with E-state index >= 15 is 0 Å². The average Bonchev–Trinajstić information content (AvgIpc) is 2.69. The molecular weight excluding hydrogens is 434 g/mol. The first-order valence-electron chi connectivity index (χ1n) is 9.15. The van der Waals surface area contributed by atoms with Crippen LogP contribution in [0.2, 0.25) is 10.0 Å². The minimum Gasteiger partial charge on any atom is -0.355 e. The van der Waals surface area contributed by atoms with Gasteiger partial charge in [-0.3, -0.25) is 9.59 Å². The first kappa shape index (κ1) is 23.5. The van der Waals surface area contributed by atoms with E-state index < -0.39 is 6.04 Å². The third-order valence-electron chi connectivity index (χ3n) is 4.32. The largest absolute Gasteiger partial charge is 0.355 e. The molecule has 0 bridgehead atoms. The molecule has 8 heteroatoms. The van der Waals surface area contributed by atoms with E-state index in [1.54, 1.807) is 37.3 Å². The van der Waals surface area contributed by atoms with E-state index in [9.17, 15) is 14.0 Å². The molecule has 4 nitrogen and oxygen atoms in total. The molecule has 156 valence electrons. The van der Waals surface area contributed by atoms with Gasteiger partial charge in [-0.15, -0.1) is 11.8 Å². The molecule has 0 aliphatic carbocycles. The number of thioether (sulfide) groups is 1. The predicted octanol–water partition coefficient (Wildman–Crippen LogP) is 4.92. The number of carbonyl (C=O) groups is 2. The number of carbonyl (C=O) groups excluding carboxylic acids is 2. The number of hydrogen-bond acceptors (Lipinski definition) is 3. The van der Waals surface area contributed by atoms with Crippen molar-refractivity contribution in [3.05, 3.63) is 69.5 Å². The SMILES string of the molecule is CCNC(=O)[C@@H](C)N(Cc1c(Cl)cccc1Cl)C(=O)CSCc1ccc(F)cc1. The Balaban J connectivity index is 2.11. The monoisotopic (exact) mass is 456 g/mol. The van der Waals surface area contributed by atoms with Gasteiger partial charge in [-0.2, -0.15) is 0 Å². The Morgan fingerprint density at radius 1 is 1.14 bits per heavy atom. The van der Waals surface area contributed by atoms with E-state index in [2.05, 4.69) is 5.32 Å². The Labute approximate surface area is 184 Å². The molecule has 2 aromatic carbocycles. The summed E-state index contributed by atoms with van der Waals surface area (Å²) >= 11 is 13.9. The third kappa shape index (κ3) is 6.91. The lowest BCUT2D eigenvalue weighted by molar-refractivity contribution is -0.138. The molecular formula is C21H23Cl2FN2O2S. The van der Waals surface area contributed by atoms with E-state index in [4.69, 9.17) is 23.2 Å². The van der Waals surface area contributed by atoms with E-state index in [0.29, 0.717) is 27.9 Å². The fourth-order valence-electron chi connectivity index (χ4n) is 2.68. The molecule has 29 heavy (non-hydrogen) atoms. The molecule has 0 aromatic heterocycles. The van der Waals surface area contributed by atoms with Crippen LogP contribution in [-0.4, -0.2) is 35.1 Å². The number of rotatable bonds is 9. The molecule has 0 saturated carbocycles. The van der Waals surface area contributed by atoms with Crippen molar-refractivity contribution in [1.82, 2.24) is 10.2 Å². The summed E-state index contributed by atoms with van der Waals surface area (Å²) in [5, 5.41) is 3.63. The minimum atomic E-state index is -0.679. The van der Waals surface area contributed by atoms with Crippen LogP contribution in [0.5, 0.6) is 0 Å². The highest BCUT2D eigenvalue weighted by atomic mass is 35.5. The lowest BCUT2D eigenvalue weighted by Gasteiger charge is -2.29. The second-order valence-electron chi connectivity index (χ2n) is 6.41. The van der Waals surface area contributed by atoms with Crippen LogP contribution < -0.4 is 5.32 Å². The predicted molar refractivity (Wildman–Crippen MR) is 118 cm³/mol. The number of nitrogens with one attached hydrogen (secondary N) is 1. The zero-order valence-corrected chi connectivity index (χ0v) is 18.6. The Kier molecular flexibility index (Phi) is 9.27. The van der Waals surface area contributed by atoms with Crippen LogP contribution in [0.3, 0.4) is 0 Å². The lowest BCUT2D eigenvalue weighted by atomic mass is 10.1. The average molecular weight is 457 g/mol. The number of benzene rings is 2. The van der Waals surface area contributed by atoms with Crippen LogP contribution in [0.25, 0.3) is 0 Å². The Bertz CT molecular complexity index is 829. The topological polar surface area (TPSA) is 49.4 Å². The third-order valence-corrected chi connectivity index (χ3v) is 6.01. The molecule has 2 aromatic rings. The van der Waals surface area contributed by atoms with Gasteiger partial charge in [-0.25, -0.2) is 4.39 Å². The van der Waals surface area contributed by atoms with Crippen molar-refractivity contribution in [1.29, 1.82) is 0 Å². The molecule has 1 N–H and O–H groups in total. The fraction of sp³-hybridized carbons (Fsp3) is 0.333. The maximum absolute atomic E-state index is 13.0. The first-order chi connectivity index (χ1) is 13.8. The summed E-state index contributed by atoms with van der Waals surface area (Å²) in [6.07, 6.45) is 0. The summed E-state index contributed by atoms with van der Waals surface area (Å²) in [4.78, 5) is 26.8. The summed E-state index contributed by atoms with van der Waals surface area (Å²) < 4.78 is 13.0. The van der Waals surface area contributed by atoms with Gasteiger partial charge in [0.15, 0.2) is 0 Å². The Morgan fingerprint density at radius 2 is 1.76 bits per heavy atom. The molecule has 0 unspecified atom stereocenters. The van der Waals surface area contributed by atoms with Crippen molar-refractivity contribution in [3.63, 3.8) is 0 Å². The standard InChI is InChI=1S/C21H23Cl2FN2O2S/c1-3-25-21(28)14(2)26(11-17-18(22)5-4-6-19(17)23)20(27)13-29-12-15-7-9-16(24)10-8-15/h4-10,14H,3,11-13H2,1-2H3,(H,25,28)/t14-/m1/s1. The minimum absolute atomic E-state index is 0.132. The van der Waals surface area contributed by atoms with Gasteiger partial charge in [-0.1, -0.05) is 41.4 Å². The molecule has 0 aliphatic heterocycles. The van der Waals surface area contributed by atoms with Gasteiger partial charge < -0.3 is 10.2 Å². The number of nitrogens with zero attached hydrogens (tertiary/aromatic N) is 1. The molecule has 0 heterocycles. The molecule has 0 radical (unpaired) electrons. The zero-order chi connectivity index (χ0) is 21.4. The van der Waals surface area contributed by atoms with Crippen LogP contribution in [0, 0.1) is 5.82 Å². The van der Waals surface area contributed by atoms with Gasteiger partial charge in [0.25, 0.3) is 0 Å². The van der Waals surface area contributed by atoms with Crippen LogP contribution in [0.1, 0.15) is 25.0 Å². The summed E-state index contributed by atoms with van der Waals surface area (Å²) in [7, 11) is 0. The second-order valence-corrected chi connectivity index (χ2v) is 8.21. The van der Waals surface area contributed by atoms with Gasteiger partial charge >= 0.3 is 0 Å². The van der Waals surface area contributed by atoms with Crippen LogP contribution in [0.4, 0.5) is 4.39 Å². The molecule has 0 spiro atoms. The molecule has 0 fully saturated rings. The maximum Gasteiger partial charge on any atom is 0.242 e. The molecule has 0 aliphatic rings. The highest BCUT2D eigenvalue weighted by Crippen LogP contribution is 2.27. The van der Waals surface area contributed by atoms with Crippen molar-refractivity contribution in [3.8, 4) is 0 Å². The fourth-order valence-corrected chi connectivity index (χ4v) is 4.07. The van der Waals surface area contributed by atoms with E-state index in [1.807, 2.05) is 6.92 Å². The highest BCUT2D eigenvalue weighted by Gasteiger charge is 2.27. The smallest absolute Gasteiger partial charge is 0.242 e. The van der Waals surface area contributed by atoms with Crippen molar-refractivity contribution < 1.29 is 14.0 Å². The molecule has 1 atom stereocenters. The number of likely N-dealkylation sites (N-methyl/N-ethyl adjacent to an activating group) is 1.